The van der Waals surface area contributed by atoms with Gasteiger partial charge in [0.15, 0.2) is 5.75 Å². The highest BCUT2D eigenvalue weighted by Crippen LogP contribution is 2.36. The van der Waals surface area contributed by atoms with Crippen LogP contribution in [0, 0.1) is 0 Å². The second kappa shape index (κ2) is 4.10. The van der Waals surface area contributed by atoms with Gasteiger partial charge in [0.25, 0.3) is 0 Å². The molecule has 5 heteroatoms. The zero-order chi connectivity index (χ0) is 10.8. The predicted molar refractivity (Wildman–Crippen MR) is 59.5 cm³/mol. The normalized spacial score (nSPS) is 13.5. The Labute approximate surface area is 95.7 Å². The molecule has 0 unspecified atom stereocenters. The second-order valence-corrected chi connectivity index (χ2v) is 3.96. The lowest BCUT2D eigenvalue weighted by molar-refractivity contribution is 0.0600. The van der Waals surface area contributed by atoms with Crippen molar-refractivity contribution in [3.63, 3.8) is 0 Å². The van der Waals surface area contributed by atoms with Crippen molar-refractivity contribution in [2.24, 2.45) is 0 Å². The van der Waals surface area contributed by atoms with Crippen LogP contribution in [0.25, 0.3) is 0 Å². The van der Waals surface area contributed by atoms with Crippen molar-refractivity contribution in [2.75, 3.05) is 25.6 Å². The number of halogens is 1. The molecule has 0 fully saturated rings. The number of esters is 1. The quantitative estimate of drug-likeness (QED) is 0.795. The number of ether oxygens (including phenoxy) is 2. The van der Waals surface area contributed by atoms with Crippen molar-refractivity contribution in [2.45, 2.75) is 0 Å². The number of nitrogens with one attached hydrogen (secondary N) is 1. The highest BCUT2D eigenvalue weighted by molar-refractivity contribution is 9.10. The topological polar surface area (TPSA) is 47.6 Å². The molecule has 1 N–H and O–H groups in total. The SMILES string of the molecule is COC(=O)c1cc(Br)c2c(c1)NCCO2. The molecule has 4 nitrogen and oxygen atoms in total. The van der Waals surface area contributed by atoms with Gasteiger partial charge in [-0.25, -0.2) is 4.79 Å². The summed E-state index contributed by atoms with van der Waals surface area (Å²) >= 11 is 3.36. The van der Waals surface area contributed by atoms with Crippen molar-refractivity contribution >= 4 is 27.6 Å². The fourth-order valence-electron chi connectivity index (χ4n) is 1.45. The first-order valence-corrected chi connectivity index (χ1v) is 5.30. The van der Waals surface area contributed by atoms with Gasteiger partial charge in [0.1, 0.15) is 6.61 Å². The van der Waals surface area contributed by atoms with Crippen molar-refractivity contribution < 1.29 is 14.3 Å². The number of carbonyl (C=O) groups excluding carboxylic acids is 1. The van der Waals surface area contributed by atoms with Gasteiger partial charge in [0, 0.05) is 6.54 Å². The van der Waals surface area contributed by atoms with Crippen LogP contribution in [-0.2, 0) is 4.74 Å². The third-order valence-corrected chi connectivity index (χ3v) is 2.72. The monoisotopic (exact) mass is 271 g/mol. The molecular formula is C10H10BrNO3. The first kappa shape index (κ1) is 10.3. The molecular weight excluding hydrogens is 262 g/mol. The number of anilines is 1. The second-order valence-electron chi connectivity index (χ2n) is 3.10. The van der Waals surface area contributed by atoms with Crippen molar-refractivity contribution in [1.82, 2.24) is 0 Å². The van der Waals surface area contributed by atoms with E-state index in [9.17, 15) is 4.79 Å². The minimum Gasteiger partial charge on any atom is -0.488 e. The molecule has 0 atom stereocenters. The fraction of sp³-hybridized carbons (Fsp3) is 0.300. The molecule has 1 aromatic carbocycles. The van der Waals surface area contributed by atoms with Crippen LogP contribution in [-0.4, -0.2) is 26.2 Å². The van der Waals surface area contributed by atoms with Crippen LogP contribution < -0.4 is 10.1 Å². The predicted octanol–water partition coefficient (Wildman–Crippen LogP) is 2.04. The Hall–Kier alpha value is -1.23. The third kappa shape index (κ3) is 1.92. The molecule has 0 radical (unpaired) electrons. The average molecular weight is 272 g/mol. The zero-order valence-corrected chi connectivity index (χ0v) is 9.76. The third-order valence-electron chi connectivity index (χ3n) is 2.13. The molecule has 1 aromatic rings. The molecule has 1 aliphatic rings. The standard InChI is InChI=1S/C10H10BrNO3/c1-14-10(13)6-4-7(11)9-8(5-6)12-2-3-15-9/h4-5,12H,2-3H2,1H3. The summed E-state index contributed by atoms with van der Waals surface area (Å²) < 4.78 is 10.9. The molecule has 1 heterocycles. The first-order chi connectivity index (χ1) is 7.22. The van der Waals surface area contributed by atoms with Gasteiger partial charge in [-0.3, -0.25) is 0 Å². The van der Waals surface area contributed by atoms with Crippen LogP contribution in [0.15, 0.2) is 16.6 Å². The Balaban J connectivity index is 2.45. The van der Waals surface area contributed by atoms with E-state index in [0.717, 1.165) is 22.5 Å². The van der Waals surface area contributed by atoms with Gasteiger partial charge in [0.2, 0.25) is 0 Å². The van der Waals surface area contributed by atoms with E-state index in [1.54, 1.807) is 12.1 Å². The summed E-state index contributed by atoms with van der Waals surface area (Å²) in [7, 11) is 1.36. The van der Waals surface area contributed by atoms with E-state index in [1.165, 1.54) is 7.11 Å². The Morgan fingerprint density at radius 2 is 2.40 bits per heavy atom. The lowest BCUT2D eigenvalue weighted by Crippen LogP contribution is -2.19. The summed E-state index contributed by atoms with van der Waals surface area (Å²) in [6.07, 6.45) is 0. The molecule has 0 bridgehead atoms. The largest absolute Gasteiger partial charge is 0.488 e. The van der Waals surface area contributed by atoms with E-state index in [4.69, 9.17) is 4.74 Å². The molecule has 0 aromatic heterocycles. The van der Waals surface area contributed by atoms with E-state index in [1.807, 2.05) is 0 Å². The Morgan fingerprint density at radius 1 is 1.60 bits per heavy atom. The molecule has 0 amide bonds. The van der Waals surface area contributed by atoms with E-state index in [0.29, 0.717) is 12.2 Å². The molecule has 0 spiro atoms. The molecule has 0 saturated heterocycles. The number of hydrogen-bond acceptors (Lipinski definition) is 4. The van der Waals surface area contributed by atoms with E-state index in [2.05, 4.69) is 26.0 Å². The van der Waals surface area contributed by atoms with Crippen LogP contribution in [0.1, 0.15) is 10.4 Å². The summed E-state index contributed by atoms with van der Waals surface area (Å²) in [6, 6.07) is 3.42. The number of benzene rings is 1. The summed E-state index contributed by atoms with van der Waals surface area (Å²) in [4.78, 5) is 11.3. The van der Waals surface area contributed by atoms with Gasteiger partial charge in [-0.15, -0.1) is 0 Å². The fourth-order valence-corrected chi connectivity index (χ4v) is 2.02. The number of hydrogen-bond donors (Lipinski definition) is 1. The van der Waals surface area contributed by atoms with E-state index >= 15 is 0 Å². The maximum absolute atomic E-state index is 11.3. The van der Waals surface area contributed by atoms with Gasteiger partial charge < -0.3 is 14.8 Å². The minimum atomic E-state index is -0.356. The van der Waals surface area contributed by atoms with Gasteiger partial charge in [-0.2, -0.15) is 0 Å². The van der Waals surface area contributed by atoms with Crippen LogP contribution in [0.4, 0.5) is 5.69 Å². The van der Waals surface area contributed by atoms with Gasteiger partial charge in [0.05, 0.1) is 22.8 Å². The lowest BCUT2D eigenvalue weighted by atomic mass is 10.1. The lowest BCUT2D eigenvalue weighted by Gasteiger charge is -2.20. The van der Waals surface area contributed by atoms with Crippen molar-refractivity contribution in [3.05, 3.63) is 22.2 Å². The summed E-state index contributed by atoms with van der Waals surface area (Å²) in [5.74, 6) is 0.389. The Morgan fingerprint density at radius 3 is 3.13 bits per heavy atom. The molecule has 2 rings (SSSR count). The number of carbonyl (C=O) groups is 1. The first-order valence-electron chi connectivity index (χ1n) is 4.51. The summed E-state index contributed by atoms with van der Waals surface area (Å²) in [5, 5.41) is 3.16. The number of methoxy groups -OCH3 is 1. The highest BCUT2D eigenvalue weighted by atomic mass is 79.9. The van der Waals surface area contributed by atoms with Gasteiger partial charge >= 0.3 is 5.97 Å². The highest BCUT2D eigenvalue weighted by Gasteiger charge is 2.17. The summed E-state index contributed by atoms with van der Waals surface area (Å²) in [6.45, 7) is 1.37. The molecule has 0 aliphatic carbocycles. The number of fused-ring (bicyclic) bond motifs is 1. The zero-order valence-electron chi connectivity index (χ0n) is 8.17. The van der Waals surface area contributed by atoms with Crippen molar-refractivity contribution in [1.29, 1.82) is 0 Å². The average Bonchev–Trinajstić information content (AvgIpc) is 2.28. The Bertz CT molecular complexity index is 406. The molecule has 1 aliphatic heterocycles. The minimum absolute atomic E-state index is 0.356. The summed E-state index contributed by atoms with van der Waals surface area (Å²) in [5.41, 5.74) is 1.32. The van der Waals surface area contributed by atoms with Crippen LogP contribution in [0.5, 0.6) is 5.75 Å². The Kier molecular flexibility index (Phi) is 2.81. The maximum atomic E-state index is 11.3. The van der Waals surface area contributed by atoms with E-state index < -0.39 is 0 Å². The van der Waals surface area contributed by atoms with Crippen molar-refractivity contribution in [3.8, 4) is 5.75 Å². The molecule has 0 saturated carbocycles. The van der Waals surface area contributed by atoms with Gasteiger partial charge in [-0.1, -0.05) is 0 Å². The van der Waals surface area contributed by atoms with Gasteiger partial charge in [-0.05, 0) is 28.1 Å². The number of rotatable bonds is 1. The maximum Gasteiger partial charge on any atom is 0.337 e. The molecule has 80 valence electrons. The van der Waals surface area contributed by atoms with E-state index in [-0.39, 0.29) is 5.97 Å². The van der Waals surface area contributed by atoms with Crippen LogP contribution in [0.2, 0.25) is 0 Å². The molecule has 15 heavy (non-hydrogen) atoms. The van der Waals surface area contributed by atoms with Crippen LogP contribution in [0.3, 0.4) is 0 Å². The van der Waals surface area contributed by atoms with Crippen LogP contribution >= 0.6 is 15.9 Å². The smallest absolute Gasteiger partial charge is 0.337 e.